The van der Waals surface area contributed by atoms with E-state index >= 15 is 0 Å². The first-order valence-electron chi connectivity index (χ1n) is 8.11. The summed E-state index contributed by atoms with van der Waals surface area (Å²) in [5, 5.41) is 3.73. The molecule has 0 bridgehead atoms. The van der Waals surface area contributed by atoms with Crippen LogP contribution in [0.25, 0.3) is 0 Å². The summed E-state index contributed by atoms with van der Waals surface area (Å²) in [5.74, 6) is 2.95. The molecule has 2 aliphatic rings. The summed E-state index contributed by atoms with van der Waals surface area (Å²) in [4.78, 5) is 0. The Balaban J connectivity index is 1.92. The molecular weight excluding hydrogens is 218 g/mol. The molecule has 0 aliphatic heterocycles. The lowest BCUT2D eigenvalue weighted by Crippen LogP contribution is -2.41. The summed E-state index contributed by atoms with van der Waals surface area (Å²) >= 11 is 0. The molecule has 2 fully saturated rings. The molecule has 0 aromatic rings. The topological polar surface area (TPSA) is 12.0 Å². The quantitative estimate of drug-likeness (QED) is 0.706. The molecule has 4 atom stereocenters. The third-order valence-corrected chi connectivity index (χ3v) is 5.20. The molecule has 4 unspecified atom stereocenters. The van der Waals surface area contributed by atoms with Gasteiger partial charge < -0.3 is 5.32 Å². The number of fused-ring (bicyclic) bond motifs is 1. The van der Waals surface area contributed by atoms with Crippen LogP contribution >= 0.6 is 0 Å². The maximum atomic E-state index is 4.23. The maximum Gasteiger partial charge on any atom is 0.0302 e. The van der Waals surface area contributed by atoms with Gasteiger partial charge >= 0.3 is 0 Å². The van der Waals surface area contributed by atoms with Crippen LogP contribution in [-0.2, 0) is 0 Å². The summed E-state index contributed by atoms with van der Waals surface area (Å²) in [6.45, 7) is 9.83. The van der Waals surface area contributed by atoms with Crippen molar-refractivity contribution in [1.29, 1.82) is 0 Å². The molecule has 2 saturated carbocycles. The van der Waals surface area contributed by atoms with Crippen molar-refractivity contribution in [3.05, 3.63) is 12.2 Å². The van der Waals surface area contributed by atoms with Gasteiger partial charge in [0.15, 0.2) is 0 Å². The van der Waals surface area contributed by atoms with E-state index in [1.807, 2.05) is 0 Å². The van der Waals surface area contributed by atoms with Gasteiger partial charge in [-0.1, -0.05) is 44.8 Å². The molecule has 1 heteroatoms. The predicted molar refractivity (Wildman–Crippen MR) is 79.7 cm³/mol. The molecule has 0 heterocycles. The lowest BCUT2D eigenvalue weighted by Gasteiger charge is -2.42. The molecule has 18 heavy (non-hydrogen) atoms. The minimum absolute atomic E-state index is 0.577. The molecule has 1 nitrogen and oxygen atoms in total. The van der Waals surface area contributed by atoms with Gasteiger partial charge in [-0.3, -0.25) is 0 Å². The highest BCUT2D eigenvalue weighted by atomic mass is 14.9. The predicted octanol–water partition coefficient (Wildman–Crippen LogP) is 4.54. The van der Waals surface area contributed by atoms with Crippen molar-refractivity contribution in [2.75, 3.05) is 6.54 Å². The van der Waals surface area contributed by atoms with Crippen LogP contribution in [0.5, 0.6) is 0 Å². The Morgan fingerprint density at radius 3 is 2.56 bits per heavy atom. The van der Waals surface area contributed by atoms with E-state index < -0.39 is 0 Å². The van der Waals surface area contributed by atoms with Crippen molar-refractivity contribution in [3.8, 4) is 0 Å². The monoisotopic (exact) mass is 249 g/mol. The largest absolute Gasteiger partial charge is 0.310 e. The van der Waals surface area contributed by atoms with Gasteiger partial charge in [0.05, 0.1) is 0 Å². The highest BCUT2D eigenvalue weighted by molar-refractivity contribution is 5.06. The lowest BCUT2D eigenvalue weighted by atomic mass is 9.65. The normalized spacial score (nSPS) is 33.8. The van der Waals surface area contributed by atoms with Gasteiger partial charge in [0, 0.05) is 6.04 Å². The van der Waals surface area contributed by atoms with Crippen molar-refractivity contribution in [2.45, 2.75) is 71.3 Å². The van der Waals surface area contributed by atoms with Crippen molar-refractivity contribution >= 4 is 0 Å². The highest BCUT2D eigenvalue weighted by Gasteiger charge is 2.35. The maximum absolute atomic E-state index is 4.23. The Morgan fingerprint density at radius 2 is 1.89 bits per heavy atom. The number of hydrogen-bond donors (Lipinski definition) is 1. The molecule has 2 rings (SSSR count). The second-order valence-electron chi connectivity index (χ2n) is 6.66. The smallest absolute Gasteiger partial charge is 0.0302 e. The van der Waals surface area contributed by atoms with Crippen molar-refractivity contribution in [3.63, 3.8) is 0 Å². The SMILES string of the molecule is C=C(C)C(NCCC)C1CCC2CCCCC2C1. The van der Waals surface area contributed by atoms with Crippen molar-refractivity contribution in [1.82, 2.24) is 5.32 Å². The summed E-state index contributed by atoms with van der Waals surface area (Å²) in [6, 6.07) is 0.577. The van der Waals surface area contributed by atoms with Crippen molar-refractivity contribution < 1.29 is 0 Å². The Labute approximate surface area is 113 Å². The van der Waals surface area contributed by atoms with Crippen LogP contribution in [0.2, 0.25) is 0 Å². The third kappa shape index (κ3) is 3.38. The van der Waals surface area contributed by atoms with E-state index in [-0.39, 0.29) is 0 Å². The van der Waals surface area contributed by atoms with Crippen LogP contribution in [0.3, 0.4) is 0 Å². The van der Waals surface area contributed by atoms with Gasteiger partial charge in [0.25, 0.3) is 0 Å². The van der Waals surface area contributed by atoms with Gasteiger partial charge in [-0.25, -0.2) is 0 Å². The molecule has 1 N–H and O–H groups in total. The van der Waals surface area contributed by atoms with E-state index in [4.69, 9.17) is 0 Å². The molecule has 0 aromatic carbocycles. The molecule has 104 valence electrons. The fraction of sp³-hybridized carbons (Fsp3) is 0.882. The Hall–Kier alpha value is -0.300. The molecule has 0 saturated heterocycles. The van der Waals surface area contributed by atoms with Crippen LogP contribution in [0.15, 0.2) is 12.2 Å². The minimum Gasteiger partial charge on any atom is -0.310 e. The van der Waals surface area contributed by atoms with Gasteiger partial charge in [-0.2, -0.15) is 0 Å². The number of nitrogens with one attached hydrogen (secondary N) is 1. The van der Waals surface area contributed by atoms with E-state index in [0.717, 1.165) is 24.3 Å². The zero-order chi connectivity index (χ0) is 13.0. The van der Waals surface area contributed by atoms with Gasteiger partial charge in [-0.05, 0) is 56.9 Å². The Morgan fingerprint density at radius 1 is 1.17 bits per heavy atom. The molecule has 0 aromatic heterocycles. The van der Waals surface area contributed by atoms with E-state index in [2.05, 4.69) is 25.7 Å². The fourth-order valence-corrected chi connectivity index (χ4v) is 4.26. The van der Waals surface area contributed by atoms with Crippen LogP contribution in [0.4, 0.5) is 0 Å². The van der Waals surface area contributed by atoms with Gasteiger partial charge in [0.2, 0.25) is 0 Å². The van der Waals surface area contributed by atoms with Gasteiger partial charge in [-0.15, -0.1) is 0 Å². The zero-order valence-corrected chi connectivity index (χ0v) is 12.4. The standard InChI is InChI=1S/C17H31N/c1-4-11-18-17(13(2)3)16-10-9-14-7-5-6-8-15(14)12-16/h14-18H,2,4-12H2,1,3H3. The van der Waals surface area contributed by atoms with Crippen LogP contribution in [-0.4, -0.2) is 12.6 Å². The zero-order valence-electron chi connectivity index (χ0n) is 12.4. The summed E-state index contributed by atoms with van der Waals surface area (Å²) in [5.41, 5.74) is 1.35. The van der Waals surface area contributed by atoms with Crippen LogP contribution in [0.1, 0.15) is 65.2 Å². The first-order valence-corrected chi connectivity index (χ1v) is 8.11. The third-order valence-electron chi connectivity index (χ3n) is 5.20. The summed E-state index contributed by atoms with van der Waals surface area (Å²) in [6.07, 6.45) is 11.6. The molecule has 0 spiro atoms. The minimum atomic E-state index is 0.577. The second-order valence-corrected chi connectivity index (χ2v) is 6.66. The summed E-state index contributed by atoms with van der Waals surface area (Å²) < 4.78 is 0. The fourth-order valence-electron chi connectivity index (χ4n) is 4.26. The second kappa shape index (κ2) is 6.75. The van der Waals surface area contributed by atoms with Crippen LogP contribution in [0, 0.1) is 17.8 Å². The number of hydrogen-bond acceptors (Lipinski definition) is 1. The Kier molecular flexibility index (Phi) is 5.29. The van der Waals surface area contributed by atoms with E-state index in [9.17, 15) is 0 Å². The summed E-state index contributed by atoms with van der Waals surface area (Å²) in [7, 11) is 0. The Bertz CT molecular complexity index is 271. The van der Waals surface area contributed by atoms with Gasteiger partial charge in [0.1, 0.15) is 0 Å². The molecule has 2 aliphatic carbocycles. The molecule has 0 amide bonds. The average Bonchev–Trinajstić information content (AvgIpc) is 2.38. The van der Waals surface area contributed by atoms with E-state index in [0.29, 0.717) is 6.04 Å². The highest BCUT2D eigenvalue weighted by Crippen LogP contribution is 2.44. The van der Waals surface area contributed by atoms with Crippen LogP contribution < -0.4 is 5.32 Å². The molecule has 0 radical (unpaired) electrons. The first kappa shape index (κ1) is 14.1. The van der Waals surface area contributed by atoms with Crippen molar-refractivity contribution in [2.24, 2.45) is 17.8 Å². The van der Waals surface area contributed by atoms with E-state index in [1.165, 1.54) is 56.9 Å². The molecular formula is C17H31N. The lowest BCUT2D eigenvalue weighted by molar-refractivity contribution is 0.116. The average molecular weight is 249 g/mol. The first-order chi connectivity index (χ1) is 8.72. The van der Waals surface area contributed by atoms with E-state index in [1.54, 1.807) is 0 Å². The number of rotatable bonds is 5.